The van der Waals surface area contributed by atoms with E-state index in [2.05, 4.69) is 12.2 Å². The summed E-state index contributed by atoms with van der Waals surface area (Å²) in [6, 6.07) is 5.22. The quantitative estimate of drug-likeness (QED) is 0.797. The molecule has 5 nitrogen and oxygen atoms in total. The summed E-state index contributed by atoms with van der Waals surface area (Å²) in [5, 5.41) is 12.7. The standard InChI is InChI=1S/C15H19NO4/c1-9(8-19-3)16-7-11-6-14(18)20-15-10(2)13(17)5-4-12(11)15/h4-6,9,16-17H,7-8H2,1-3H3/p+1/t9-/m0/s1. The smallest absolute Gasteiger partial charge is 0.336 e. The van der Waals surface area contributed by atoms with Crippen LogP contribution in [0.4, 0.5) is 0 Å². The molecule has 0 fully saturated rings. The molecular weight excluding hydrogens is 258 g/mol. The minimum Gasteiger partial charge on any atom is -0.508 e. The molecule has 2 rings (SSSR count). The average molecular weight is 278 g/mol. The molecule has 0 amide bonds. The Kier molecular flexibility index (Phi) is 4.42. The lowest BCUT2D eigenvalue weighted by molar-refractivity contribution is -0.702. The number of fused-ring (bicyclic) bond motifs is 1. The van der Waals surface area contributed by atoms with Crippen LogP contribution in [-0.4, -0.2) is 24.9 Å². The molecule has 1 aromatic carbocycles. The van der Waals surface area contributed by atoms with Gasteiger partial charge in [-0.3, -0.25) is 0 Å². The second-order valence-corrected chi connectivity index (χ2v) is 5.05. The van der Waals surface area contributed by atoms with Crippen LogP contribution in [0.3, 0.4) is 0 Å². The summed E-state index contributed by atoms with van der Waals surface area (Å²) >= 11 is 0. The van der Waals surface area contributed by atoms with E-state index in [0.29, 0.717) is 30.3 Å². The molecule has 0 aliphatic heterocycles. The molecule has 0 unspecified atom stereocenters. The van der Waals surface area contributed by atoms with Crippen molar-refractivity contribution in [3.8, 4) is 5.75 Å². The monoisotopic (exact) mass is 278 g/mol. The van der Waals surface area contributed by atoms with Gasteiger partial charge in [0, 0.05) is 29.7 Å². The molecule has 0 bridgehead atoms. The lowest BCUT2D eigenvalue weighted by atomic mass is 10.1. The van der Waals surface area contributed by atoms with E-state index in [1.165, 1.54) is 6.07 Å². The van der Waals surface area contributed by atoms with Crippen LogP contribution in [0, 0.1) is 6.92 Å². The van der Waals surface area contributed by atoms with Crippen molar-refractivity contribution in [2.45, 2.75) is 26.4 Å². The largest absolute Gasteiger partial charge is 0.508 e. The van der Waals surface area contributed by atoms with Crippen molar-refractivity contribution in [3.63, 3.8) is 0 Å². The summed E-state index contributed by atoms with van der Waals surface area (Å²) in [4.78, 5) is 11.7. The maximum atomic E-state index is 11.7. The Morgan fingerprint density at radius 3 is 2.90 bits per heavy atom. The molecular formula is C15H20NO4+. The second-order valence-electron chi connectivity index (χ2n) is 5.05. The fraction of sp³-hybridized carbons (Fsp3) is 0.400. The Labute approximate surface area is 117 Å². The van der Waals surface area contributed by atoms with E-state index >= 15 is 0 Å². The summed E-state index contributed by atoms with van der Waals surface area (Å²) in [6.45, 7) is 5.12. The minimum absolute atomic E-state index is 0.134. The molecule has 0 aliphatic rings. The van der Waals surface area contributed by atoms with Crippen LogP contribution in [0.2, 0.25) is 0 Å². The van der Waals surface area contributed by atoms with Crippen LogP contribution in [0.15, 0.2) is 27.4 Å². The number of ether oxygens (including phenoxy) is 1. The number of rotatable bonds is 5. The topological polar surface area (TPSA) is 76.3 Å². The third-order valence-electron chi connectivity index (χ3n) is 3.39. The zero-order chi connectivity index (χ0) is 14.7. The van der Waals surface area contributed by atoms with Gasteiger partial charge in [-0.25, -0.2) is 4.79 Å². The minimum atomic E-state index is -0.394. The van der Waals surface area contributed by atoms with Crippen LogP contribution in [0.1, 0.15) is 18.1 Å². The van der Waals surface area contributed by atoms with Crippen molar-refractivity contribution in [3.05, 3.63) is 39.7 Å². The third-order valence-corrected chi connectivity index (χ3v) is 3.39. The Morgan fingerprint density at radius 1 is 1.45 bits per heavy atom. The van der Waals surface area contributed by atoms with Gasteiger partial charge in [0.15, 0.2) is 0 Å². The lowest BCUT2D eigenvalue weighted by Crippen LogP contribution is -2.88. The van der Waals surface area contributed by atoms with E-state index in [0.717, 1.165) is 10.9 Å². The molecule has 0 aliphatic carbocycles. The maximum Gasteiger partial charge on any atom is 0.336 e. The predicted molar refractivity (Wildman–Crippen MR) is 75.9 cm³/mol. The number of phenols is 1. The van der Waals surface area contributed by atoms with E-state index < -0.39 is 5.63 Å². The SMILES string of the molecule is COC[C@H](C)[NH2+]Cc1cc(=O)oc2c(C)c(O)ccc12. The highest BCUT2D eigenvalue weighted by Gasteiger charge is 2.13. The molecule has 3 N–H and O–H groups in total. The Morgan fingerprint density at radius 2 is 2.20 bits per heavy atom. The van der Waals surface area contributed by atoms with E-state index in [4.69, 9.17) is 9.15 Å². The summed E-state index contributed by atoms with van der Waals surface area (Å²) in [5.74, 6) is 0.134. The molecule has 1 heterocycles. The van der Waals surface area contributed by atoms with Crippen LogP contribution in [0.25, 0.3) is 11.0 Å². The first kappa shape index (κ1) is 14.6. The molecule has 0 saturated carbocycles. The van der Waals surface area contributed by atoms with Crippen LogP contribution in [0.5, 0.6) is 5.75 Å². The molecule has 20 heavy (non-hydrogen) atoms. The average Bonchev–Trinajstić information content (AvgIpc) is 2.41. The van der Waals surface area contributed by atoms with Gasteiger partial charge in [0.2, 0.25) is 0 Å². The van der Waals surface area contributed by atoms with Crippen molar-refractivity contribution in [1.82, 2.24) is 0 Å². The summed E-state index contributed by atoms with van der Waals surface area (Å²) in [5.41, 5.74) is 1.56. The van der Waals surface area contributed by atoms with Gasteiger partial charge in [0.05, 0.1) is 6.61 Å². The summed E-state index contributed by atoms with van der Waals surface area (Å²) in [7, 11) is 1.67. The Balaban J connectivity index is 2.38. The van der Waals surface area contributed by atoms with Crippen molar-refractivity contribution in [2.75, 3.05) is 13.7 Å². The Hall–Kier alpha value is -1.85. The van der Waals surface area contributed by atoms with Gasteiger partial charge < -0.3 is 19.6 Å². The lowest BCUT2D eigenvalue weighted by Gasteiger charge is -2.11. The van der Waals surface area contributed by atoms with Gasteiger partial charge in [0.1, 0.15) is 23.9 Å². The molecule has 0 spiro atoms. The number of nitrogens with two attached hydrogens (primary N) is 1. The molecule has 0 saturated heterocycles. The number of aryl methyl sites for hydroxylation is 1. The summed E-state index contributed by atoms with van der Waals surface area (Å²) < 4.78 is 10.3. The maximum absolute atomic E-state index is 11.7. The van der Waals surface area contributed by atoms with E-state index in [1.54, 1.807) is 26.2 Å². The number of methoxy groups -OCH3 is 1. The van der Waals surface area contributed by atoms with Crippen molar-refractivity contribution in [2.24, 2.45) is 0 Å². The number of aromatic hydroxyl groups is 1. The second kappa shape index (κ2) is 6.07. The Bertz CT molecular complexity index is 663. The van der Waals surface area contributed by atoms with Crippen LogP contribution >= 0.6 is 0 Å². The summed E-state index contributed by atoms with van der Waals surface area (Å²) in [6.07, 6.45) is 0. The van der Waals surface area contributed by atoms with Gasteiger partial charge in [-0.1, -0.05) is 0 Å². The fourth-order valence-electron chi connectivity index (χ4n) is 2.24. The van der Waals surface area contributed by atoms with Gasteiger partial charge in [-0.2, -0.15) is 0 Å². The molecule has 1 aromatic heterocycles. The normalized spacial score (nSPS) is 12.8. The predicted octanol–water partition coefficient (Wildman–Crippen LogP) is 0.905. The molecule has 5 heteroatoms. The van der Waals surface area contributed by atoms with Gasteiger partial charge in [0.25, 0.3) is 0 Å². The number of quaternary nitrogens is 1. The van der Waals surface area contributed by atoms with Crippen molar-refractivity contribution in [1.29, 1.82) is 0 Å². The number of hydrogen-bond acceptors (Lipinski definition) is 4. The first-order valence-corrected chi connectivity index (χ1v) is 6.60. The fourth-order valence-corrected chi connectivity index (χ4v) is 2.24. The molecule has 108 valence electrons. The van der Waals surface area contributed by atoms with Gasteiger partial charge in [-0.15, -0.1) is 0 Å². The molecule has 1 atom stereocenters. The first-order chi connectivity index (χ1) is 9.52. The highest BCUT2D eigenvalue weighted by molar-refractivity contribution is 5.84. The van der Waals surface area contributed by atoms with Crippen molar-refractivity contribution >= 4 is 11.0 Å². The van der Waals surface area contributed by atoms with E-state index in [9.17, 15) is 9.90 Å². The molecule has 2 aromatic rings. The number of hydrogen-bond donors (Lipinski definition) is 2. The van der Waals surface area contributed by atoms with E-state index in [-0.39, 0.29) is 5.75 Å². The van der Waals surface area contributed by atoms with Gasteiger partial charge >= 0.3 is 5.63 Å². The number of phenolic OH excluding ortho intramolecular Hbond substituents is 1. The highest BCUT2D eigenvalue weighted by Crippen LogP contribution is 2.26. The van der Waals surface area contributed by atoms with E-state index in [1.807, 2.05) is 0 Å². The highest BCUT2D eigenvalue weighted by atomic mass is 16.5. The first-order valence-electron chi connectivity index (χ1n) is 6.60. The number of benzene rings is 1. The third kappa shape index (κ3) is 3.00. The van der Waals surface area contributed by atoms with Crippen molar-refractivity contribution < 1.29 is 19.6 Å². The van der Waals surface area contributed by atoms with Crippen LogP contribution in [-0.2, 0) is 11.3 Å². The zero-order valence-electron chi connectivity index (χ0n) is 12.0. The molecule has 0 radical (unpaired) electrons. The van der Waals surface area contributed by atoms with Gasteiger partial charge in [-0.05, 0) is 26.0 Å². The van der Waals surface area contributed by atoms with Crippen LogP contribution < -0.4 is 10.9 Å². The zero-order valence-corrected chi connectivity index (χ0v) is 12.0.